The Balaban J connectivity index is 1.89. The minimum atomic E-state index is 0.0476. The molecular weight excluding hydrogens is 330 g/mol. The molecule has 0 aliphatic heterocycles. The van der Waals surface area contributed by atoms with Gasteiger partial charge in [0.05, 0.1) is 11.7 Å². The fraction of sp³-hybridized carbons (Fsp3) is 0.533. The summed E-state index contributed by atoms with van der Waals surface area (Å²) < 4.78 is 3.93. The van der Waals surface area contributed by atoms with Gasteiger partial charge in [0, 0.05) is 5.92 Å². The second kappa shape index (κ2) is 5.76. The van der Waals surface area contributed by atoms with Gasteiger partial charge in [-0.1, -0.05) is 41.3 Å². The molecule has 6 nitrogen and oxygen atoms in total. The highest BCUT2D eigenvalue weighted by atomic mass is 32.1. The summed E-state index contributed by atoms with van der Waals surface area (Å²) in [4.78, 5) is 14.3. The molecule has 8 heteroatoms. The van der Waals surface area contributed by atoms with Gasteiger partial charge in [0.1, 0.15) is 4.88 Å². The fourth-order valence-electron chi connectivity index (χ4n) is 2.92. The average Bonchev–Trinajstić information content (AvgIpc) is 2.92. The maximum absolute atomic E-state index is 11.7. The molecule has 1 fully saturated rings. The van der Waals surface area contributed by atoms with Gasteiger partial charge in [-0.05, 0) is 37.7 Å². The Labute approximate surface area is 143 Å². The Morgan fingerprint density at radius 2 is 2.00 bits per heavy atom. The second-order valence-electron chi connectivity index (χ2n) is 6.63. The van der Waals surface area contributed by atoms with Crippen molar-refractivity contribution in [2.24, 2.45) is 11.3 Å². The molecule has 0 saturated heterocycles. The standard InChI is InChI=1S/C15H19N5OS2/c1-8(2)6-10-12(15(10,4)5)20(7-21)14-18-17-13(22-14)11-9(3)16-19-23-11/h6-7,10,12H,1-5H3. The van der Waals surface area contributed by atoms with Crippen molar-refractivity contribution in [3.63, 3.8) is 0 Å². The quantitative estimate of drug-likeness (QED) is 0.611. The normalized spacial score (nSPS) is 21.8. The van der Waals surface area contributed by atoms with Crippen LogP contribution in [0, 0.1) is 18.3 Å². The van der Waals surface area contributed by atoms with Gasteiger partial charge in [-0.25, -0.2) is 0 Å². The number of rotatable bonds is 5. The molecule has 0 radical (unpaired) electrons. The summed E-state index contributed by atoms with van der Waals surface area (Å²) in [7, 11) is 0. The van der Waals surface area contributed by atoms with E-state index >= 15 is 0 Å². The van der Waals surface area contributed by atoms with Crippen molar-refractivity contribution < 1.29 is 4.79 Å². The molecule has 2 heterocycles. The maximum atomic E-state index is 11.7. The molecule has 1 aliphatic carbocycles. The van der Waals surface area contributed by atoms with Crippen LogP contribution in [0.4, 0.5) is 5.13 Å². The molecule has 2 unspecified atom stereocenters. The van der Waals surface area contributed by atoms with E-state index in [2.05, 4.69) is 53.6 Å². The lowest BCUT2D eigenvalue weighted by molar-refractivity contribution is -0.107. The minimum absolute atomic E-state index is 0.0476. The van der Waals surface area contributed by atoms with Crippen molar-refractivity contribution in [1.29, 1.82) is 0 Å². The van der Waals surface area contributed by atoms with E-state index in [4.69, 9.17) is 0 Å². The van der Waals surface area contributed by atoms with Crippen molar-refractivity contribution in [2.45, 2.75) is 40.7 Å². The van der Waals surface area contributed by atoms with Crippen molar-refractivity contribution in [3.05, 3.63) is 17.3 Å². The topological polar surface area (TPSA) is 71.9 Å². The smallest absolute Gasteiger partial charge is 0.216 e. The van der Waals surface area contributed by atoms with Crippen LogP contribution >= 0.6 is 22.9 Å². The maximum Gasteiger partial charge on any atom is 0.216 e. The highest BCUT2D eigenvalue weighted by Crippen LogP contribution is 2.57. The third-order valence-electron chi connectivity index (χ3n) is 4.26. The van der Waals surface area contributed by atoms with E-state index in [1.54, 1.807) is 4.90 Å². The Bertz CT molecular complexity index is 760. The molecule has 122 valence electrons. The van der Waals surface area contributed by atoms with Gasteiger partial charge in [-0.2, -0.15) is 0 Å². The van der Waals surface area contributed by atoms with E-state index in [1.807, 2.05) is 6.92 Å². The first kappa shape index (κ1) is 16.2. The Morgan fingerprint density at radius 1 is 1.26 bits per heavy atom. The van der Waals surface area contributed by atoms with Crippen molar-refractivity contribution in [2.75, 3.05) is 4.90 Å². The number of carbonyl (C=O) groups is 1. The van der Waals surface area contributed by atoms with E-state index < -0.39 is 0 Å². The van der Waals surface area contributed by atoms with Crippen LogP contribution in [-0.2, 0) is 4.79 Å². The summed E-state index contributed by atoms with van der Waals surface area (Å²) in [6.07, 6.45) is 3.10. The highest BCUT2D eigenvalue weighted by molar-refractivity contribution is 7.22. The van der Waals surface area contributed by atoms with Crippen LogP contribution in [0.2, 0.25) is 0 Å². The van der Waals surface area contributed by atoms with Crippen molar-refractivity contribution >= 4 is 34.4 Å². The molecular formula is C15H19N5OS2. The van der Waals surface area contributed by atoms with Gasteiger partial charge < -0.3 is 0 Å². The molecule has 0 N–H and O–H groups in total. The van der Waals surface area contributed by atoms with E-state index in [9.17, 15) is 4.79 Å². The molecule has 2 aromatic heterocycles. The van der Waals surface area contributed by atoms with Crippen LogP contribution in [-0.4, -0.2) is 32.2 Å². The first-order valence-electron chi connectivity index (χ1n) is 7.37. The Hall–Kier alpha value is -1.67. The lowest BCUT2D eigenvalue weighted by Gasteiger charge is -2.14. The monoisotopic (exact) mass is 349 g/mol. The number of aryl methyl sites for hydroxylation is 1. The third-order valence-corrected chi connectivity index (χ3v) is 6.18. The number of carbonyl (C=O) groups excluding carboxylic acids is 1. The fourth-order valence-corrected chi connectivity index (χ4v) is 4.53. The molecule has 0 spiro atoms. The number of amides is 1. The number of hydrogen-bond acceptors (Lipinski definition) is 7. The second-order valence-corrected chi connectivity index (χ2v) is 8.34. The molecule has 3 rings (SSSR count). The summed E-state index contributed by atoms with van der Waals surface area (Å²) in [5.41, 5.74) is 2.15. The first-order chi connectivity index (χ1) is 10.9. The first-order valence-corrected chi connectivity index (χ1v) is 8.96. The van der Waals surface area contributed by atoms with Gasteiger partial charge >= 0.3 is 0 Å². The van der Waals surface area contributed by atoms with Gasteiger partial charge in [-0.3, -0.25) is 9.69 Å². The van der Waals surface area contributed by atoms with Gasteiger partial charge in [-0.15, -0.1) is 15.3 Å². The number of aromatic nitrogens is 4. The summed E-state index contributed by atoms with van der Waals surface area (Å²) in [5, 5.41) is 13.8. The zero-order valence-corrected chi connectivity index (χ0v) is 15.4. The van der Waals surface area contributed by atoms with Crippen molar-refractivity contribution in [1.82, 2.24) is 19.8 Å². The predicted molar refractivity (Wildman–Crippen MR) is 92.6 cm³/mol. The van der Waals surface area contributed by atoms with Crippen LogP contribution in [0.25, 0.3) is 9.88 Å². The van der Waals surface area contributed by atoms with Crippen LogP contribution in [0.15, 0.2) is 11.6 Å². The summed E-state index contributed by atoms with van der Waals surface area (Å²) in [6.45, 7) is 10.4. The summed E-state index contributed by atoms with van der Waals surface area (Å²) in [6, 6.07) is 0.122. The van der Waals surface area contributed by atoms with Crippen molar-refractivity contribution in [3.8, 4) is 9.88 Å². The third kappa shape index (κ3) is 2.81. The summed E-state index contributed by atoms with van der Waals surface area (Å²) in [5.74, 6) is 0.344. The van der Waals surface area contributed by atoms with E-state index in [-0.39, 0.29) is 11.5 Å². The molecule has 2 aromatic rings. The number of nitrogens with zero attached hydrogens (tertiary/aromatic N) is 5. The SMILES string of the molecule is CC(C)=CC1C(N(C=O)c2nnc(-c3snnc3C)s2)C1(C)C. The molecule has 1 amide bonds. The van der Waals surface area contributed by atoms with Crippen LogP contribution in [0.3, 0.4) is 0 Å². The summed E-state index contributed by atoms with van der Waals surface area (Å²) >= 11 is 2.71. The van der Waals surface area contributed by atoms with Crippen LogP contribution in [0.5, 0.6) is 0 Å². The zero-order chi connectivity index (χ0) is 16.8. The molecule has 23 heavy (non-hydrogen) atoms. The van der Waals surface area contributed by atoms with E-state index in [0.717, 1.165) is 22.0 Å². The minimum Gasteiger partial charge on any atom is -0.285 e. The molecule has 0 bridgehead atoms. The Kier molecular flexibility index (Phi) is 4.05. The number of hydrogen-bond donors (Lipinski definition) is 0. The van der Waals surface area contributed by atoms with E-state index in [0.29, 0.717) is 11.0 Å². The predicted octanol–water partition coefficient (Wildman–Crippen LogP) is 3.32. The molecule has 0 aromatic carbocycles. The lowest BCUT2D eigenvalue weighted by atomic mass is 10.1. The van der Waals surface area contributed by atoms with Crippen LogP contribution < -0.4 is 4.90 Å². The average molecular weight is 349 g/mol. The highest BCUT2D eigenvalue weighted by Gasteiger charge is 2.60. The largest absolute Gasteiger partial charge is 0.285 e. The molecule has 2 atom stereocenters. The molecule has 1 saturated carbocycles. The van der Waals surface area contributed by atoms with E-state index in [1.165, 1.54) is 28.4 Å². The Morgan fingerprint density at radius 3 is 2.57 bits per heavy atom. The number of allylic oxidation sites excluding steroid dienone is 1. The zero-order valence-electron chi connectivity index (χ0n) is 13.8. The lowest BCUT2D eigenvalue weighted by Crippen LogP contribution is -2.27. The van der Waals surface area contributed by atoms with Gasteiger partial charge in [0.2, 0.25) is 11.5 Å². The van der Waals surface area contributed by atoms with Crippen LogP contribution in [0.1, 0.15) is 33.4 Å². The van der Waals surface area contributed by atoms with Gasteiger partial charge in [0.15, 0.2) is 5.01 Å². The van der Waals surface area contributed by atoms with Gasteiger partial charge in [0.25, 0.3) is 0 Å². The molecule has 1 aliphatic rings. The number of anilines is 1.